The minimum atomic E-state index is 0.238. The highest BCUT2D eigenvalue weighted by Gasteiger charge is 2.21. The van der Waals surface area contributed by atoms with Gasteiger partial charge in [-0.05, 0) is 32.1 Å². The second-order valence-corrected chi connectivity index (χ2v) is 6.26. The lowest BCUT2D eigenvalue weighted by Crippen LogP contribution is -2.11. The number of carbonyl (C=O) groups excluding carboxylic acids is 1. The molecular formula is C17H24N2O. The molecule has 3 nitrogen and oxygen atoms in total. The summed E-state index contributed by atoms with van der Waals surface area (Å²) in [6.07, 6.45) is 14.6. The number of rotatable bonds is 1. The topological polar surface area (TPSA) is 42.9 Å². The maximum Gasteiger partial charge on any atom is 0.166 e. The number of aromatic nitrogens is 2. The van der Waals surface area contributed by atoms with Gasteiger partial charge in [0.15, 0.2) is 5.78 Å². The van der Waals surface area contributed by atoms with E-state index in [0.717, 1.165) is 36.3 Å². The molecule has 3 heteroatoms. The van der Waals surface area contributed by atoms with Crippen molar-refractivity contribution in [1.82, 2.24) is 9.97 Å². The predicted octanol–water partition coefficient (Wildman–Crippen LogP) is 4.21. The molecule has 0 unspecified atom stereocenters. The summed E-state index contributed by atoms with van der Waals surface area (Å²) in [6.45, 7) is 0. The molecule has 108 valence electrons. The molecule has 2 aliphatic carbocycles. The molecule has 1 aromatic rings. The summed E-state index contributed by atoms with van der Waals surface area (Å²) in [4.78, 5) is 21.3. The van der Waals surface area contributed by atoms with E-state index in [0.29, 0.717) is 12.3 Å². The Balaban J connectivity index is 1.83. The lowest BCUT2D eigenvalue weighted by atomic mass is 9.90. The predicted molar refractivity (Wildman–Crippen MR) is 79.0 cm³/mol. The monoisotopic (exact) mass is 272 g/mol. The quantitative estimate of drug-likeness (QED) is 0.719. The molecule has 0 bridgehead atoms. The van der Waals surface area contributed by atoms with Crippen molar-refractivity contribution < 1.29 is 4.79 Å². The van der Waals surface area contributed by atoms with E-state index in [9.17, 15) is 4.79 Å². The molecule has 3 rings (SSSR count). The number of aryl methyl sites for hydroxylation is 1. The van der Waals surface area contributed by atoms with Crippen LogP contribution in [0.4, 0.5) is 0 Å². The van der Waals surface area contributed by atoms with Crippen molar-refractivity contribution in [3.05, 3.63) is 23.3 Å². The van der Waals surface area contributed by atoms with Crippen LogP contribution in [0, 0.1) is 0 Å². The minimum absolute atomic E-state index is 0.238. The molecule has 1 fully saturated rings. The van der Waals surface area contributed by atoms with Gasteiger partial charge in [0.2, 0.25) is 0 Å². The maximum absolute atomic E-state index is 12.0. The zero-order chi connectivity index (χ0) is 13.8. The van der Waals surface area contributed by atoms with Crippen molar-refractivity contribution >= 4 is 5.78 Å². The number of ketones is 1. The second-order valence-electron chi connectivity index (χ2n) is 6.26. The molecule has 0 saturated heterocycles. The van der Waals surface area contributed by atoms with Gasteiger partial charge in [-0.25, -0.2) is 9.97 Å². The Kier molecular flexibility index (Phi) is 4.44. The fourth-order valence-corrected chi connectivity index (χ4v) is 3.48. The summed E-state index contributed by atoms with van der Waals surface area (Å²) in [5.74, 6) is 1.75. The highest BCUT2D eigenvalue weighted by molar-refractivity contribution is 5.97. The maximum atomic E-state index is 12.0. The van der Waals surface area contributed by atoms with Crippen molar-refractivity contribution in [1.29, 1.82) is 0 Å². The van der Waals surface area contributed by atoms with E-state index >= 15 is 0 Å². The van der Waals surface area contributed by atoms with Crippen LogP contribution in [0.25, 0.3) is 0 Å². The Morgan fingerprint density at radius 3 is 2.40 bits per heavy atom. The van der Waals surface area contributed by atoms with E-state index < -0.39 is 0 Å². The zero-order valence-electron chi connectivity index (χ0n) is 12.2. The first kappa shape index (κ1) is 13.7. The minimum Gasteiger partial charge on any atom is -0.294 e. The summed E-state index contributed by atoms with van der Waals surface area (Å²) >= 11 is 0. The van der Waals surface area contributed by atoms with E-state index in [1.54, 1.807) is 0 Å². The van der Waals surface area contributed by atoms with Gasteiger partial charge in [0.25, 0.3) is 0 Å². The van der Waals surface area contributed by atoms with Gasteiger partial charge in [-0.1, -0.05) is 32.1 Å². The van der Waals surface area contributed by atoms with Gasteiger partial charge in [0, 0.05) is 18.5 Å². The SMILES string of the molecule is O=C1CCCCc2nc(C3CCCCCCC3)ncc21. The molecule has 0 amide bonds. The number of hydrogen-bond acceptors (Lipinski definition) is 3. The molecule has 0 radical (unpaired) electrons. The average molecular weight is 272 g/mol. The number of fused-ring (bicyclic) bond motifs is 1. The lowest BCUT2D eigenvalue weighted by molar-refractivity contribution is 0.0981. The van der Waals surface area contributed by atoms with Gasteiger partial charge in [-0.2, -0.15) is 0 Å². The zero-order valence-corrected chi connectivity index (χ0v) is 12.2. The van der Waals surface area contributed by atoms with E-state index in [1.807, 2.05) is 6.20 Å². The molecule has 0 atom stereocenters. The largest absolute Gasteiger partial charge is 0.294 e. The third kappa shape index (κ3) is 3.08. The van der Waals surface area contributed by atoms with Crippen LogP contribution < -0.4 is 0 Å². The molecule has 0 spiro atoms. The van der Waals surface area contributed by atoms with Crippen LogP contribution >= 0.6 is 0 Å². The fraction of sp³-hybridized carbons (Fsp3) is 0.706. The van der Waals surface area contributed by atoms with Gasteiger partial charge < -0.3 is 0 Å². The molecule has 1 saturated carbocycles. The van der Waals surface area contributed by atoms with E-state index in [2.05, 4.69) is 4.98 Å². The van der Waals surface area contributed by atoms with E-state index in [-0.39, 0.29) is 5.78 Å². The summed E-state index contributed by atoms with van der Waals surface area (Å²) < 4.78 is 0. The van der Waals surface area contributed by atoms with Crippen LogP contribution in [0.2, 0.25) is 0 Å². The summed E-state index contributed by atoms with van der Waals surface area (Å²) in [7, 11) is 0. The first-order chi connectivity index (χ1) is 9.84. The molecule has 20 heavy (non-hydrogen) atoms. The molecule has 0 aromatic carbocycles. The fourth-order valence-electron chi connectivity index (χ4n) is 3.48. The molecule has 0 N–H and O–H groups in total. The number of Topliss-reactive ketones (excluding diaryl/α,β-unsaturated/α-hetero) is 1. The average Bonchev–Trinajstić information content (AvgIpc) is 2.60. The first-order valence-electron chi connectivity index (χ1n) is 8.23. The highest BCUT2D eigenvalue weighted by atomic mass is 16.1. The first-order valence-corrected chi connectivity index (χ1v) is 8.23. The van der Waals surface area contributed by atoms with Crippen molar-refractivity contribution in [3.63, 3.8) is 0 Å². The van der Waals surface area contributed by atoms with Gasteiger partial charge in [0.1, 0.15) is 5.82 Å². The normalized spacial score (nSPS) is 21.7. The van der Waals surface area contributed by atoms with E-state index in [1.165, 1.54) is 44.9 Å². The molecule has 1 aromatic heterocycles. The molecule has 1 heterocycles. The number of hydrogen-bond donors (Lipinski definition) is 0. The van der Waals surface area contributed by atoms with Gasteiger partial charge >= 0.3 is 0 Å². The van der Waals surface area contributed by atoms with Crippen molar-refractivity contribution in [2.24, 2.45) is 0 Å². The van der Waals surface area contributed by atoms with E-state index in [4.69, 9.17) is 4.98 Å². The standard InChI is InChI=1S/C17H24N2O/c20-16-11-7-6-10-15-14(16)12-18-17(19-15)13-8-4-2-1-3-5-9-13/h12-13H,1-11H2. The van der Waals surface area contributed by atoms with Gasteiger partial charge in [0.05, 0.1) is 11.3 Å². The van der Waals surface area contributed by atoms with Gasteiger partial charge in [-0.15, -0.1) is 0 Å². The van der Waals surface area contributed by atoms with Crippen molar-refractivity contribution in [2.45, 2.75) is 76.5 Å². The third-order valence-electron chi connectivity index (χ3n) is 4.72. The Morgan fingerprint density at radius 1 is 0.900 bits per heavy atom. The Hall–Kier alpha value is -1.25. The molecule has 0 aliphatic heterocycles. The summed E-state index contributed by atoms with van der Waals surface area (Å²) in [5, 5.41) is 0. The summed E-state index contributed by atoms with van der Waals surface area (Å²) in [6, 6.07) is 0. The molecule has 2 aliphatic rings. The van der Waals surface area contributed by atoms with Crippen LogP contribution in [0.3, 0.4) is 0 Å². The van der Waals surface area contributed by atoms with Crippen LogP contribution in [0.1, 0.15) is 92.0 Å². The lowest BCUT2D eigenvalue weighted by Gasteiger charge is -2.19. The van der Waals surface area contributed by atoms with Crippen LogP contribution in [0.5, 0.6) is 0 Å². The van der Waals surface area contributed by atoms with Crippen LogP contribution in [-0.2, 0) is 6.42 Å². The van der Waals surface area contributed by atoms with Crippen molar-refractivity contribution in [2.75, 3.05) is 0 Å². The van der Waals surface area contributed by atoms with Crippen LogP contribution in [0.15, 0.2) is 6.20 Å². The van der Waals surface area contributed by atoms with Crippen LogP contribution in [-0.4, -0.2) is 15.8 Å². The number of nitrogens with zero attached hydrogens (tertiary/aromatic N) is 2. The van der Waals surface area contributed by atoms with Crippen molar-refractivity contribution in [3.8, 4) is 0 Å². The third-order valence-corrected chi connectivity index (χ3v) is 4.72. The van der Waals surface area contributed by atoms with Gasteiger partial charge in [-0.3, -0.25) is 4.79 Å². The Morgan fingerprint density at radius 2 is 1.60 bits per heavy atom. The number of carbonyl (C=O) groups is 1. The highest BCUT2D eigenvalue weighted by Crippen LogP contribution is 2.30. The molecular weight excluding hydrogens is 248 g/mol. The smallest absolute Gasteiger partial charge is 0.166 e. The second kappa shape index (κ2) is 6.47. The Bertz CT molecular complexity index is 476. The summed E-state index contributed by atoms with van der Waals surface area (Å²) in [5.41, 5.74) is 1.80. The Labute approximate surface area is 121 Å².